The van der Waals surface area contributed by atoms with E-state index in [1.165, 1.54) is 18.2 Å². The molecule has 30 heavy (non-hydrogen) atoms. The summed E-state index contributed by atoms with van der Waals surface area (Å²) in [5, 5.41) is 13.0. The van der Waals surface area contributed by atoms with Crippen molar-refractivity contribution in [2.45, 2.75) is 26.2 Å². The van der Waals surface area contributed by atoms with E-state index in [-0.39, 0.29) is 28.4 Å². The Kier molecular flexibility index (Phi) is 7.43. The molecule has 0 radical (unpaired) electrons. The van der Waals surface area contributed by atoms with Crippen LogP contribution in [0.4, 0.5) is 5.69 Å². The van der Waals surface area contributed by atoms with Crippen LogP contribution in [-0.4, -0.2) is 28.5 Å². The Balaban J connectivity index is 1.78. The second-order valence-corrected chi connectivity index (χ2v) is 7.74. The summed E-state index contributed by atoms with van der Waals surface area (Å²) in [5.74, 6) is -0.626. The SMILES string of the molecule is CC(C)(C)c1ccc(OCC(=O)NC(=S)NNC(=O)c2cccc([N+](=O)[O-])c2)cc1. The van der Waals surface area contributed by atoms with Gasteiger partial charge in [0.15, 0.2) is 11.7 Å². The lowest BCUT2D eigenvalue weighted by atomic mass is 9.87. The van der Waals surface area contributed by atoms with Crippen LogP contribution in [0.3, 0.4) is 0 Å². The number of thiocarbonyl (C=S) groups is 1. The zero-order valence-corrected chi connectivity index (χ0v) is 17.5. The smallest absolute Gasteiger partial charge is 0.270 e. The molecule has 0 spiro atoms. The summed E-state index contributed by atoms with van der Waals surface area (Å²) < 4.78 is 5.42. The number of carbonyl (C=O) groups is 2. The van der Waals surface area contributed by atoms with Crippen LogP contribution in [0.2, 0.25) is 0 Å². The van der Waals surface area contributed by atoms with Crippen molar-refractivity contribution in [1.82, 2.24) is 16.2 Å². The zero-order chi connectivity index (χ0) is 22.3. The van der Waals surface area contributed by atoms with Gasteiger partial charge in [-0.05, 0) is 41.4 Å². The monoisotopic (exact) mass is 430 g/mol. The largest absolute Gasteiger partial charge is 0.484 e. The standard InChI is InChI=1S/C20H22N4O5S/c1-20(2,3)14-7-9-16(10-8-14)29-12-17(25)21-19(30)23-22-18(26)13-5-4-6-15(11-13)24(27)28/h4-11H,12H2,1-3H3,(H,22,26)(H2,21,23,25,30). The number of non-ortho nitro benzene ring substituents is 1. The van der Waals surface area contributed by atoms with Gasteiger partial charge in [-0.1, -0.05) is 39.0 Å². The average Bonchev–Trinajstić information content (AvgIpc) is 2.70. The molecule has 0 atom stereocenters. The van der Waals surface area contributed by atoms with Gasteiger partial charge in [-0.15, -0.1) is 0 Å². The van der Waals surface area contributed by atoms with Crippen molar-refractivity contribution in [1.29, 1.82) is 0 Å². The van der Waals surface area contributed by atoms with Crippen molar-refractivity contribution in [2.24, 2.45) is 0 Å². The van der Waals surface area contributed by atoms with Gasteiger partial charge in [0.05, 0.1) is 4.92 Å². The van der Waals surface area contributed by atoms with Crippen LogP contribution in [0, 0.1) is 10.1 Å². The molecule has 0 saturated carbocycles. The van der Waals surface area contributed by atoms with E-state index in [2.05, 4.69) is 36.9 Å². The number of ether oxygens (including phenoxy) is 1. The third kappa shape index (κ3) is 6.82. The number of nitro benzene ring substituents is 1. The summed E-state index contributed by atoms with van der Waals surface area (Å²) in [7, 11) is 0. The lowest BCUT2D eigenvalue weighted by Gasteiger charge is -2.19. The summed E-state index contributed by atoms with van der Waals surface area (Å²) in [6.07, 6.45) is 0. The van der Waals surface area contributed by atoms with Crippen molar-refractivity contribution in [3.05, 3.63) is 69.8 Å². The van der Waals surface area contributed by atoms with Gasteiger partial charge in [0.1, 0.15) is 5.75 Å². The molecule has 2 amide bonds. The van der Waals surface area contributed by atoms with Crippen LogP contribution in [0.15, 0.2) is 48.5 Å². The predicted molar refractivity (Wildman–Crippen MR) is 115 cm³/mol. The summed E-state index contributed by atoms with van der Waals surface area (Å²) in [6, 6.07) is 12.6. The summed E-state index contributed by atoms with van der Waals surface area (Å²) in [6.45, 7) is 6.03. The molecule has 9 nitrogen and oxygen atoms in total. The topological polar surface area (TPSA) is 123 Å². The number of hydrogen-bond donors (Lipinski definition) is 3. The molecule has 0 bridgehead atoms. The van der Waals surface area contributed by atoms with E-state index >= 15 is 0 Å². The third-order valence-electron chi connectivity index (χ3n) is 3.95. The second-order valence-electron chi connectivity index (χ2n) is 7.33. The van der Waals surface area contributed by atoms with Crippen LogP contribution in [-0.2, 0) is 10.2 Å². The second kappa shape index (κ2) is 9.79. The molecule has 0 aliphatic heterocycles. The Morgan fingerprint density at radius 1 is 1.10 bits per heavy atom. The minimum absolute atomic E-state index is 0.0167. The normalized spacial score (nSPS) is 10.6. The fraction of sp³-hybridized carbons (Fsp3) is 0.250. The lowest BCUT2D eigenvalue weighted by Crippen LogP contribution is -2.49. The van der Waals surface area contributed by atoms with Crippen molar-refractivity contribution in [3.8, 4) is 5.75 Å². The van der Waals surface area contributed by atoms with Gasteiger partial charge in [-0.25, -0.2) is 0 Å². The molecule has 2 rings (SSSR count). The van der Waals surface area contributed by atoms with E-state index in [1.807, 2.05) is 12.1 Å². The fourth-order valence-corrected chi connectivity index (χ4v) is 2.51. The number of nitrogens with one attached hydrogen (secondary N) is 3. The van der Waals surface area contributed by atoms with Crippen molar-refractivity contribution in [2.75, 3.05) is 6.61 Å². The molecule has 0 aromatic heterocycles. The molecule has 0 aliphatic carbocycles. The van der Waals surface area contributed by atoms with Gasteiger partial charge in [0, 0.05) is 17.7 Å². The number of nitrogens with zero attached hydrogens (tertiary/aromatic N) is 1. The third-order valence-corrected chi connectivity index (χ3v) is 4.16. The number of hydrogen-bond acceptors (Lipinski definition) is 6. The minimum atomic E-state index is -0.648. The van der Waals surface area contributed by atoms with Crippen LogP contribution in [0.5, 0.6) is 5.75 Å². The summed E-state index contributed by atoms with van der Waals surface area (Å²) in [5.41, 5.74) is 5.62. The molecule has 158 valence electrons. The minimum Gasteiger partial charge on any atom is -0.484 e. The Morgan fingerprint density at radius 2 is 1.77 bits per heavy atom. The number of carbonyl (C=O) groups excluding carboxylic acids is 2. The van der Waals surface area contributed by atoms with Crippen LogP contribution in [0.25, 0.3) is 0 Å². The highest BCUT2D eigenvalue weighted by Crippen LogP contribution is 2.24. The first-order valence-electron chi connectivity index (χ1n) is 8.94. The van der Waals surface area contributed by atoms with Crippen molar-refractivity contribution >= 4 is 34.8 Å². The van der Waals surface area contributed by atoms with E-state index < -0.39 is 16.7 Å². The molecule has 0 aliphatic rings. The Hall–Kier alpha value is -3.53. The van der Waals surface area contributed by atoms with E-state index in [1.54, 1.807) is 12.1 Å². The summed E-state index contributed by atoms with van der Waals surface area (Å²) in [4.78, 5) is 34.1. The maximum absolute atomic E-state index is 12.0. The zero-order valence-electron chi connectivity index (χ0n) is 16.7. The van der Waals surface area contributed by atoms with Gasteiger partial charge in [0.2, 0.25) is 0 Å². The van der Waals surface area contributed by atoms with E-state index in [0.29, 0.717) is 5.75 Å². The number of rotatable bonds is 5. The van der Waals surface area contributed by atoms with E-state index in [0.717, 1.165) is 11.6 Å². The molecule has 2 aromatic rings. The number of amides is 2. The van der Waals surface area contributed by atoms with Gasteiger partial charge in [-0.3, -0.25) is 35.9 Å². The molecule has 3 N–H and O–H groups in total. The highest BCUT2D eigenvalue weighted by Gasteiger charge is 2.14. The van der Waals surface area contributed by atoms with Gasteiger partial charge in [0.25, 0.3) is 17.5 Å². The molecule has 0 unspecified atom stereocenters. The first-order valence-corrected chi connectivity index (χ1v) is 9.35. The van der Waals surface area contributed by atoms with Gasteiger partial charge < -0.3 is 4.74 Å². The van der Waals surface area contributed by atoms with Crippen LogP contribution >= 0.6 is 12.2 Å². The molecule has 0 heterocycles. The first-order chi connectivity index (χ1) is 14.1. The van der Waals surface area contributed by atoms with Crippen LogP contribution in [0.1, 0.15) is 36.7 Å². The number of benzene rings is 2. The predicted octanol–water partition coefficient (Wildman–Crippen LogP) is 2.61. The lowest BCUT2D eigenvalue weighted by molar-refractivity contribution is -0.384. The van der Waals surface area contributed by atoms with Gasteiger partial charge in [-0.2, -0.15) is 0 Å². The number of nitro groups is 1. The Labute approximate surface area is 178 Å². The molecule has 0 fully saturated rings. The molecular formula is C20H22N4O5S. The van der Waals surface area contributed by atoms with Crippen LogP contribution < -0.4 is 20.9 Å². The highest BCUT2D eigenvalue weighted by molar-refractivity contribution is 7.80. The van der Waals surface area contributed by atoms with E-state index in [9.17, 15) is 19.7 Å². The van der Waals surface area contributed by atoms with Crippen molar-refractivity contribution < 1.29 is 19.2 Å². The molecule has 2 aromatic carbocycles. The molecule has 0 saturated heterocycles. The fourth-order valence-electron chi connectivity index (χ4n) is 2.34. The molecular weight excluding hydrogens is 408 g/mol. The average molecular weight is 430 g/mol. The quantitative estimate of drug-likeness (QED) is 0.378. The Morgan fingerprint density at radius 3 is 2.37 bits per heavy atom. The number of hydrazine groups is 1. The maximum Gasteiger partial charge on any atom is 0.270 e. The maximum atomic E-state index is 12.0. The van der Waals surface area contributed by atoms with Gasteiger partial charge >= 0.3 is 0 Å². The Bertz CT molecular complexity index is 954. The first kappa shape index (κ1) is 22.8. The summed E-state index contributed by atoms with van der Waals surface area (Å²) >= 11 is 4.93. The highest BCUT2D eigenvalue weighted by atomic mass is 32.1. The van der Waals surface area contributed by atoms with E-state index in [4.69, 9.17) is 17.0 Å². The molecule has 10 heteroatoms. The van der Waals surface area contributed by atoms with Crippen molar-refractivity contribution in [3.63, 3.8) is 0 Å².